The number of rotatable bonds is 8. The summed E-state index contributed by atoms with van der Waals surface area (Å²) in [6.07, 6.45) is 1.02. The number of aryl methyl sites for hydroxylation is 2. The molecule has 0 saturated heterocycles. The molecular weight excluding hydrogens is 316 g/mol. The Morgan fingerprint density at radius 3 is 2.48 bits per heavy atom. The monoisotopic (exact) mass is 340 g/mol. The van der Waals surface area contributed by atoms with Gasteiger partial charge in [0, 0.05) is 20.1 Å². The van der Waals surface area contributed by atoms with Crippen molar-refractivity contribution in [2.45, 2.75) is 19.8 Å². The van der Waals surface area contributed by atoms with Crippen molar-refractivity contribution in [2.75, 3.05) is 25.6 Å². The molecule has 0 fully saturated rings. The summed E-state index contributed by atoms with van der Waals surface area (Å²) in [6.45, 7) is 2.90. The van der Waals surface area contributed by atoms with Gasteiger partial charge in [0.2, 0.25) is 5.91 Å². The largest absolute Gasteiger partial charge is 0.383 e. The summed E-state index contributed by atoms with van der Waals surface area (Å²) in [6, 6.07) is 15.1. The van der Waals surface area contributed by atoms with Gasteiger partial charge in [-0.25, -0.2) is 0 Å². The average Bonchev–Trinajstić information content (AvgIpc) is 2.62. The highest BCUT2D eigenvalue weighted by atomic mass is 16.5. The molecule has 0 spiro atoms. The smallest absolute Gasteiger partial charge is 0.253 e. The van der Waals surface area contributed by atoms with E-state index in [0.29, 0.717) is 37.2 Å². The van der Waals surface area contributed by atoms with Crippen LogP contribution in [0.2, 0.25) is 0 Å². The fraction of sp³-hybridized carbons (Fsp3) is 0.300. The summed E-state index contributed by atoms with van der Waals surface area (Å²) in [5, 5.41) is 5.59. The fourth-order valence-corrected chi connectivity index (χ4v) is 2.38. The number of ether oxygens (including phenoxy) is 1. The van der Waals surface area contributed by atoms with Crippen LogP contribution in [0.5, 0.6) is 0 Å². The molecule has 0 radical (unpaired) electrons. The fourth-order valence-electron chi connectivity index (χ4n) is 2.38. The first-order valence-electron chi connectivity index (χ1n) is 8.31. The molecule has 2 rings (SSSR count). The van der Waals surface area contributed by atoms with Gasteiger partial charge in [-0.2, -0.15) is 0 Å². The van der Waals surface area contributed by atoms with Crippen molar-refractivity contribution >= 4 is 17.5 Å². The molecule has 2 N–H and O–H groups in total. The van der Waals surface area contributed by atoms with Gasteiger partial charge in [-0.05, 0) is 31.0 Å². The second kappa shape index (κ2) is 9.59. The topological polar surface area (TPSA) is 67.4 Å². The molecule has 0 heterocycles. The Balaban J connectivity index is 1.93. The molecule has 25 heavy (non-hydrogen) atoms. The lowest BCUT2D eigenvalue weighted by Crippen LogP contribution is -2.28. The molecule has 5 nitrogen and oxygen atoms in total. The summed E-state index contributed by atoms with van der Waals surface area (Å²) in [5.41, 5.74) is 3.28. The second-order valence-corrected chi connectivity index (χ2v) is 5.83. The highest BCUT2D eigenvalue weighted by molar-refractivity contribution is 6.03. The summed E-state index contributed by atoms with van der Waals surface area (Å²) in [5.74, 6) is -0.343. The molecule has 2 aromatic carbocycles. The molecule has 0 unspecified atom stereocenters. The van der Waals surface area contributed by atoms with Crippen molar-refractivity contribution < 1.29 is 14.3 Å². The predicted octanol–water partition coefficient (Wildman–Crippen LogP) is 2.94. The van der Waals surface area contributed by atoms with E-state index in [1.165, 1.54) is 5.56 Å². The van der Waals surface area contributed by atoms with E-state index in [1.54, 1.807) is 31.4 Å². The average molecular weight is 340 g/mol. The highest BCUT2D eigenvalue weighted by Crippen LogP contribution is 2.16. The first kappa shape index (κ1) is 18.7. The molecule has 0 aliphatic rings. The summed E-state index contributed by atoms with van der Waals surface area (Å²) >= 11 is 0. The van der Waals surface area contributed by atoms with E-state index in [2.05, 4.69) is 10.6 Å². The maximum atomic E-state index is 12.2. The third kappa shape index (κ3) is 6.04. The Bertz CT molecular complexity index is 711. The molecular formula is C20H24N2O3. The molecule has 0 saturated carbocycles. The van der Waals surface area contributed by atoms with E-state index in [9.17, 15) is 9.59 Å². The molecule has 2 amide bonds. The second-order valence-electron chi connectivity index (χ2n) is 5.83. The molecule has 0 atom stereocenters. The van der Waals surface area contributed by atoms with E-state index in [1.807, 2.05) is 31.2 Å². The Morgan fingerprint density at radius 1 is 1.04 bits per heavy atom. The number of carbonyl (C=O) groups is 2. The van der Waals surface area contributed by atoms with Crippen LogP contribution in [-0.4, -0.2) is 32.1 Å². The number of anilines is 1. The number of hydrogen-bond acceptors (Lipinski definition) is 3. The lowest BCUT2D eigenvalue weighted by atomic mass is 10.1. The van der Waals surface area contributed by atoms with E-state index in [0.717, 1.165) is 5.56 Å². The Hall–Kier alpha value is -2.66. The Morgan fingerprint density at radius 2 is 1.76 bits per heavy atom. The minimum Gasteiger partial charge on any atom is -0.383 e. The van der Waals surface area contributed by atoms with Crippen LogP contribution < -0.4 is 10.6 Å². The van der Waals surface area contributed by atoms with Crippen molar-refractivity contribution in [1.29, 1.82) is 0 Å². The molecule has 0 aromatic heterocycles. The number of carbonyl (C=O) groups excluding carboxylic acids is 2. The standard InChI is InChI=1S/C20H24N2O3/c1-15-7-9-16(10-8-15)11-12-19(23)22-18-6-4-3-5-17(18)20(24)21-13-14-25-2/h3-10H,11-14H2,1-2H3,(H,21,24)(H,22,23). The third-order valence-electron chi connectivity index (χ3n) is 3.80. The van der Waals surface area contributed by atoms with Crippen LogP contribution in [0.3, 0.4) is 0 Å². The quantitative estimate of drug-likeness (QED) is 0.726. The van der Waals surface area contributed by atoms with Gasteiger partial charge in [-0.3, -0.25) is 9.59 Å². The molecule has 132 valence electrons. The minimum atomic E-state index is -0.230. The van der Waals surface area contributed by atoms with Gasteiger partial charge in [0.25, 0.3) is 5.91 Å². The Kier molecular flexibility index (Phi) is 7.16. The summed E-state index contributed by atoms with van der Waals surface area (Å²) < 4.78 is 4.92. The van der Waals surface area contributed by atoms with Crippen molar-refractivity contribution in [3.05, 3.63) is 65.2 Å². The lowest BCUT2D eigenvalue weighted by molar-refractivity contribution is -0.116. The van der Waals surface area contributed by atoms with Gasteiger partial charge in [0.05, 0.1) is 17.9 Å². The van der Waals surface area contributed by atoms with E-state index in [-0.39, 0.29) is 11.8 Å². The van der Waals surface area contributed by atoms with Crippen LogP contribution in [0.1, 0.15) is 27.9 Å². The zero-order valence-corrected chi connectivity index (χ0v) is 14.7. The number of nitrogens with one attached hydrogen (secondary N) is 2. The van der Waals surface area contributed by atoms with Gasteiger partial charge in [0.1, 0.15) is 0 Å². The van der Waals surface area contributed by atoms with Gasteiger partial charge >= 0.3 is 0 Å². The van der Waals surface area contributed by atoms with Crippen molar-refractivity contribution in [2.24, 2.45) is 0 Å². The van der Waals surface area contributed by atoms with Crippen LogP contribution >= 0.6 is 0 Å². The highest BCUT2D eigenvalue weighted by Gasteiger charge is 2.12. The minimum absolute atomic E-state index is 0.113. The molecule has 0 aliphatic heterocycles. The zero-order valence-electron chi connectivity index (χ0n) is 14.7. The summed E-state index contributed by atoms with van der Waals surface area (Å²) in [4.78, 5) is 24.4. The maximum absolute atomic E-state index is 12.2. The van der Waals surface area contributed by atoms with Gasteiger partial charge < -0.3 is 15.4 Å². The molecule has 2 aromatic rings. The van der Waals surface area contributed by atoms with Crippen LogP contribution in [-0.2, 0) is 16.0 Å². The van der Waals surface area contributed by atoms with Gasteiger partial charge in [0.15, 0.2) is 0 Å². The maximum Gasteiger partial charge on any atom is 0.253 e. The van der Waals surface area contributed by atoms with E-state index < -0.39 is 0 Å². The molecule has 5 heteroatoms. The van der Waals surface area contributed by atoms with Crippen molar-refractivity contribution in [1.82, 2.24) is 5.32 Å². The van der Waals surface area contributed by atoms with Gasteiger partial charge in [-0.1, -0.05) is 42.0 Å². The summed E-state index contributed by atoms with van der Waals surface area (Å²) in [7, 11) is 1.58. The molecule has 0 bridgehead atoms. The third-order valence-corrected chi connectivity index (χ3v) is 3.80. The number of hydrogen-bond donors (Lipinski definition) is 2. The number of methoxy groups -OCH3 is 1. The van der Waals surface area contributed by atoms with E-state index in [4.69, 9.17) is 4.74 Å². The van der Waals surface area contributed by atoms with E-state index >= 15 is 0 Å². The first-order valence-corrected chi connectivity index (χ1v) is 8.31. The Labute approximate surface area is 148 Å². The van der Waals surface area contributed by atoms with Crippen LogP contribution in [0.4, 0.5) is 5.69 Å². The van der Waals surface area contributed by atoms with Gasteiger partial charge in [-0.15, -0.1) is 0 Å². The zero-order chi connectivity index (χ0) is 18.1. The van der Waals surface area contributed by atoms with Crippen molar-refractivity contribution in [3.63, 3.8) is 0 Å². The van der Waals surface area contributed by atoms with Crippen LogP contribution in [0, 0.1) is 6.92 Å². The molecule has 0 aliphatic carbocycles. The first-order chi connectivity index (χ1) is 12.1. The number of para-hydroxylation sites is 1. The lowest BCUT2D eigenvalue weighted by Gasteiger charge is -2.11. The van der Waals surface area contributed by atoms with Crippen LogP contribution in [0.15, 0.2) is 48.5 Å². The number of amides is 2. The SMILES string of the molecule is COCCNC(=O)c1ccccc1NC(=O)CCc1ccc(C)cc1. The van der Waals surface area contributed by atoms with Crippen LogP contribution in [0.25, 0.3) is 0 Å². The predicted molar refractivity (Wildman–Crippen MR) is 98.8 cm³/mol. The van der Waals surface area contributed by atoms with Crippen molar-refractivity contribution in [3.8, 4) is 0 Å². The normalized spacial score (nSPS) is 10.3. The number of benzene rings is 2.